The summed E-state index contributed by atoms with van der Waals surface area (Å²) >= 11 is 0. The summed E-state index contributed by atoms with van der Waals surface area (Å²) in [6, 6.07) is 6.73. The van der Waals surface area contributed by atoms with Gasteiger partial charge in [-0.15, -0.1) is 0 Å². The number of anilines is 1. The standard InChI is InChI=1S/C13H16N4O2/c1-3-19-11-7-9(4-5-10(11)18)13-15-8(2)6-12(16-13)17-14/h4-7,18H,3,14H2,1-2H3,(H,15,16,17). The number of hydrogen-bond acceptors (Lipinski definition) is 6. The molecule has 0 aliphatic rings. The van der Waals surface area contributed by atoms with Crippen molar-refractivity contribution in [2.45, 2.75) is 13.8 Å². The van der Waals surface area contributed by atoms with Gasteiger partial charge in [-0.05, 0) is 32.0 Å². The number of rotatable bonds is 4. The van der Waals surface area contributed by atoms with Gasteiger partial charge in [0.05, 0.1) is 6.61 Å². The zero-order valence-electron chi connectivity index (χ0n) is 10.8. The summed E-state index contributed by atoms with van der Waals surface area (Å²) in [5.74, 6) is 6.92. The summed E-state index contributed by atoms with van der Waals surface area (Å²) in [6.45, 7) is 4.18. The molecule has 6 nitrogen and oxygen atoms in total. The average molecular weight is 260 g/mol. The van der Waals surface area contributed by atoms with Gasteiger partial charge in [0.25, 0.3) is 0 Å². The minimum absolute atomic E-state index is 0.0930. The lowest BCUT2D eigenvalue weighted by Crippen LogP contribution is -2.10. The third-order valence-corrected chi connectivity index (χ3v) is 2.52. The van der Waals surface area contributed by atoms with E-state index in [1.54, 1.807) is 24.3 Å². The number of phenols is 1. The number of aryl methyl sites for hydroxylation is 1. The van der Waals surface area contributed by atoms with E-state index >= 15 is 0 Å². The Bertz CT molecular complexity index is 587. The molecule has 0 saturated carbocycles. The predicted octanol–water partition coefficient (Wildman–Crippen LogP) is 1.84. The number of phenolic OH excluding ortho intramolecular Hbond substituents is 1. The maximum atomic E-state index is 9.67. The molecule has 1 aromatic heterocycles. The Morgan fingerprint density at radius 2 is 2.11 bits per heavy atom. The van der Waals surface area contributed by atoms with Gasteiger partial charge in [-0.2, -0.15) is 0 Å². The first kappa shape index (κ1) is 13.1. The second kappa shape index (κ2) is 5.53. The van der Waals surface area contributed by atoms with Crippen LogP contribution in [0.2, 0.25) is 0 Å². The molecule has 0 unspecified atom stereocenters. The highest BCUT2D eigenvalue weighted by atomic mass is 16.5. The molecule has 0 spiro atoms. The van der Waals surface area contributed by atoms with Crippen molar-refractivity contribution in [3.8, 4) is 22.9 Å². The van der Waals surface area contributed by atoms with Gasteiger partial charge in [-0.3, -0.25) is 0 Å². The third-order valence-electron chi connectivity index (χ3n) is 2.52. The van der Waals surface area contributed by atoms with E-state index in [9.17, 15) is 5.11 Å². The average Bonchev–Trinajstić information content (AvgIpc) is 2.40. The van der Waals surface area contributed by atoms with Crippen molar-refractivity contribution >= 4 is 5.82 Å². The molecule has 0 atom stereocenters. The summed E-state index contributed by atoms with van der Waals surface area (Å²) in [6.07, 6.45) is 0. The monoisotopic (exact) mass is 260 g/mol. The van der Waals surface area contributed by atoms with Crippen molar-refractivity contribution in [3.05, 3.63) is 30.0 Å². The molecule has 0 fully saturated rings. The smallest absolute Gasteiger partial charge is 0.161 e. The van der Waals surface area contributed by atoms with Crippen LogP contribution >= 0.6 is 0 Å². The molecule has 0 aliphatic heterocycles. The maximum Gasteiger partial charge on any atom is 0.161 e. The second-order valence-corrected chi connectivity index (χ2v) is 3.98. The van der Waals surface area contributed by atoms with Gasteiger partial charge in [0, 0.05) is 17.3 Å². The lowest BCUT2D eigenvalue weighted by molar-refractivity contribution is 0.318. The summed E-state index contributed by atoms with van der Waals surface area (Å²) < 4.78 is 5.34. The van der Waals surface area contributed by atoms with Crippen LogP contribution in [0.4, 0.5) is 5.82 Å². The Morgan fingerprint density at radius 1 is 1.32 bits per heavy atom. The van der Waals surface area contributed by atoms with Crippen LogP contribution < -0.4 is 16.0 Å². The van der Waals surface area contributed by atoms with E-state index in [1.807, 2.05) is 13.8 Å². The summed E-state index contributed by atoms with van der Waals surface area (Å²) in [5, 5.41) is 9.67. The zero-order valence-corrected chi connectivity index (χ0v) is 10.8. The van der Waals surface area contributed by atoms with Crippen molar-refractivity contribution < 1.29 is 9.84 Å². The molecular formula is C13H16N4O2. The quantitative estimate of drug-likeness (QED) is 0.573. The normalized spacial score (nSPS) is 10.3. The maximum absolute atomic E-state index is 9.67. The van der Waals surface area contributed by atoms with Crippen molar-refractivity contribution in [1.29, 1.82) is 0 Å². The molecule has 0 saturated heterocycles. The molecule has 4 N–H and O–H groups in total. The predicted molar refractivity (Wildman–Crippen MR) is 72.8 cm³/mol. The number of nitrogens with one attached hydrogen (secondary N) is 1. The molecule has 0 amide bonds. The number of nitrogens with zero attached hydrogens (tertiary/aromatic N) is 2. The number of ether oxygens (including phenoxy) is 1. The number of hydrogen-bond donors (Lipinski definition) is 3. The molecule has 2 aromatic rings. The first-order chi connectivity index (χ1) is 9.13. The highest BCUT2D eigenvalue weighted by Gasteiger charge is 2.09. The lowest BCUT2D eigenvalue weighted by atomic mass is 10.2. The first-order valence-electron chi connectivity index (χ1n) is 5.92. The Balaban J connectivity index is 2.46. The van der Waals surface area contributed by atoms with Crippen LogP contribution in [0.5, 0.6) is 11.5 Å². The number of aromatic hydroxyl groups is 1. The molecule has 0 radical (unpaired) electrons. The van der Waals surface area contributed by atoms with E-state index in [4.69, 9.17) is 10.6 Å². The molecule has 100 valence electrons. The van der Waals surface area contributed by atoms with Crippen molar-refractivity contribution in [1.82, 2.24) is 9.97 Å². The fourth-order valence-electron chi connectivity index (χ4n) is 1.70. The lowest BCUT2D eigenvalue weighted by Gasteiger charge is -2.09. The Morgan fingerprint density at radius 3 is 2.79 bits per heavy atom. The van der Waals surface area contributed by atoms with Crippen molar-refractivity contribution in [3.63, 3.8) is 0 Å². The number of nitrogens with two attached hydrogens (primary N) is 1. The van der Waals surface area contributed by atoms with Crippen molar-refractivity contribution in [2.24, 2.45) is 5.84 Å². The van der Waals surface area contributed by atoms with Gasteiger partial charge in [0.2, 0.25) is 0 Å². The van der Waals surface area contributed by atoms with Crippen molar-refractivity contribution in [2.75, 3.05) is 12.0 Å². The Hall–Kier alpha value is -2.34. The minimum Gasteiger partial charge on any atom is -0.504 e. The van der Waals surface area contributed by atoms with Gasteiger partial charge in [0.1, 0.15) is 5.82 Å². The van der Waals surface area contributed by atoms with Gasteiger partial charge in [-0.1, -0.05) is 0 Å². The molecule has 19 heavy (non-hydrogen) atoms. The fraction of sp³-hybridized carbons (Fsp3) is 0.231. The van der Waals surface area contributed by atoms with Gasteiger partial charge in [0.15, 0.2) is 17.3 Å². The molecule has 0 aliphatic carbocycles. The zero-order chi connectivity index (χ0) is 13.8. The number of nitrogen functional groups attached to an aromatic ring is 1. The van der Waals surface area contributed by atoms with E-state index < -0.39 is 0 Å². The largest absolute Gasteiger partial charge is 0.504 e. The number of benzene rings is 1. The van der Waals surface area contributed by atoms with Crippen LogP contribution in [-0.2, 0) is 0 Å². The van der Waals surface area contributed by atoms with E-state index in [2.05, 4.69) is 15.4 Å². The fourth-order valence-corrected chi connectivity index (χ4v) is 1.70. The Kier molecular flexibility index (Phi) is 3.82. The van der Waals surface area contributed by atoms with E-state index in [0.29, 0.717) is 24.0 Å². The second-order valence-electron chi connectivity index (χ2n) is 3.98. The molecule has 6 heteroatoms. The molecule has 0 bridgehead atoms. The van der Waals surface area contributed by atoms with Crippen LogP contribution in [0.3, 0.4) is 0 Å². The van der Waals surface area contributed by atoms with Gasteiger partial charge < -0.3 is 15.3 Å². The molecule has 1 aromatic carbocycles. The SMILES string of the molecule is CCOc1cc(-c2nc(C)cc(NN)n2)ccc1O. The van der Waals surface area contributed by atoms with Crippen LogP contribution in [0.1, 0.15) is 12.6 Å². The van der Waals surface area contributed by atoms with E-state index in [1.165, 1.54) is 0 Å². The van der Waals surface area contributed by atoms with E-state index in [-0.39, 0.29) is 5.75 Å². The van der Waals surface area contributed by atoms with Gasteiger partial charge >= 0.3 is 0 Å². The van der Waals surface area contributed by atoms with Crippen LogP contribution in [0.15, 0.2) is 24.3 Å². The van der Waals surface area contributed by atoms with Crippen LogP contribution in [0, 0.1) is 6.92 Å². The highest BCUT2D eigenvalue weighted by Crippen LogP contribution is 2.30. The topological polar surface area (TPSA) is 93.3 Å². The minimum atomic E-state index is 0.0930. The van der Waals surface area contributed by atoms with Gasteiger partial charge in [-0.25, -0.2) is 15.8 Å². The summed E-state index contributed by atoms with van der Waals surface area (Å²) in [7, 11) is 0. The molecular weight excluding hydrogens is 244 g/mol. The van der Waals surface area contributed by atoms with E-state index in [0.717, 1.165) is 11.3 Å². The van der Waals surface area contributed by atoms with Crippen LogP contribution in [-0.4, -0.2) is 21.7 Å². The molecule has 1 heterocycles. The number of aromatic nitrogens is 2. The highest BCUT2D eigenvalue weighted by molar-refractivity contribution is 5.62. The summed E-state index contributed by atoms with van der Waals surface area (Å²) in [5.41, 5.74) is 4.04. The third kappa shape index (κ3) is 2.92. The first-order valence-corrected chi connectivity index (χ1v) is 5.92. The summed E-state index contributed by atoms with van der Waals surface area (Å²) in [4.78, 5) is 8.61. The Labute approximate surface area is 111 Å². The van der Waals surface area contributed by atoms with Crippen LogP contribution in [0.25, 0.3) is 11.4 Å². The molecule has 2 rings (SSSR count). The number of hydrazine groups is 1.